The second kappa shape index (κ2) is 9.20. The molecule has 138 valence electrons. The minimum Gasteiger partial charge on any atom is -0.478 e. The molecule has 6 heteroatoms. The van der Waals surface area contributed by atoms with Gasteiger partial charge in [0.25, 0.3) is 5.91 Å². The number of carbonyl (C=O) groups is 2. The summed E-state index contributed by atoms with van der Waals surface area (Å²) in [6.07, 6.45) is 2.35. The number of amides is 1. The summed E-state index contributed by atoms with van der Waals surface area (Å²) in [5.74, 6) is -1.28. The standard InChI is InChI=1S/C21H21N3O3/c1-3-14(2)18-6-4-5-7-19(18)23-13-16(12-22)20(25)24-17-10-8-15(9-11-17)21(26)27/h4-11,13-14,23H,3H2,1-2H3,(H,24,25)(H,26,27)/b16-13-. The Kier molecular flexibility index (Phi) is 6.73. The van der Waals surface area contributed by atoms with Gasteiger partial charge in [0.2, 0.25) is 0 Å². The number of benzene rings is 2. The van der Waals surface area contributed by atoms with Crippen LogP contribution in [-0.4, -0.2) is 17.0 Å². The van der Waals surface area contributed by atoms with Crippen molar-refractivity contribution in [3.8, 4) is 6.07 Å². The number of aromatic carboxylic acids is 1. The number of nitrogens with one attached hydrogen (secondary N) is 2. The molecule has 1 unspecified atom stereocenters. The summed E-state index contributed by atoms with van der Waals surface area (Å²) < 4.78 is 0. The van der Waals surface area contributed by atoms with Gasteiger partial charge in [-0.2, -0.15) is 5.26 Å². The maximum atomic E-state index is 12.3. The summed E-state index contributed by atoms with van der Waals surface area (Å²) >= 11 is 0. The molecule has 0 fully saturated rings. The van der Waals surface area contributed by atoms with E-state index in [0.717, 1.165) is 17.7 Å². The monoisotopic (exact) mass is 363 g/mol. The van der Waals surface area contributed by atoms with E-state index in [9.17, 15) is 14.9 Å². The first kappa shape index (κ1) is 19.7. The molecule has 0 bridgehead atoms. The Bertz CT molecular complexity index is 896. The number of nitrogens with zero attached hydrogens (tertiary/aromatic N) is 1. The Morgan fingerprint density at radius 3 is 2.44 bits per heavy atom. The molecule has 2 rings (SSSR count). The zero-order valence-electron chi connectivity index (χ0n) is 15.2. The third-order valence-electron chi connectivity index (χ3n) is 4.23. The van der Waals surface area contributed by atoms with Crippen LogP contribution < -0.4 is 10.6 Å². The van der Waals surface area contributed by atoms with Crippen LogP contribution in [0.4, 0.5) is 11.4 Å². The van der Waals surface area contributed by atoms with E-state index in [-0.39, 0.29) is 11.1 Å². The molecule has 1 amide bonds. The lowest BCUT2D eigenvalue weighted by atomic mass is 9.97. The first-order valence-electron chi connectivity index (χ1n) is 8.56. The molecule has 0 heterocycles. The molecular formula is C21H21N3O3. The van der Waals surface area contributed by atoms with Crippen molar-refractivity contribution >= 4 is 23.3 Å². The van der Waals surface area contributed by atoms with Crippen LogP contribution in [-0.2, 0) is 4.79 Å². The highest BCUT2D eigenvalue weighted by atomic mass is 16.4. The molecule has 2 aromatic carbocycles. The van der Waals surface area contributed by atoms with Crippen LogP contribution in [0, 0.1) is 11.3 Å². The third kappa shape index (κ3) is 5.19. The fraction of sp³-hybridized carbons (Fsp3) is 0.190. The number of hydrogen-bond donors (Lipinski definition) is 3. The Labute approximate surface area is 158 Å². The van der Waals surface area contributed by atoms with Crippen molar-refractivity contribution in [3.05, 3.63) is 71.4 Å². The van der Waals surface area contributed by atoms with Gasteiger partial charge in [-0.05, 0) is 48.2 Å². The lowest BCUT2D eigenvalue weighted by molar-refractivity contribution is -0.112. The van der Waals surface area contributed by atoms with Gasteiger partial charge in [-0.3, -0.25) is 4.79 Å². The SMILES string of the molecule is CCC(C)c1ccccc1N/C=C(/C#N)C(=O)Nc1ccc(C(=O)O)cc1. The van der Waals surface area contributed by atoms with Crippen LogP contribution in [0.3, 0.4) is 0 Å². The second-order valence-corrected chi connectivity index (χ2v) is 6.05. The zero-order chi connectivity index (χ0) is 19.8. The van der Waals surface area contributed by atoms with Crippen molar-refractivity contribution in [2.24, 2.45) is 0 Å². The minimum atomic E-state index is -1.05. The molecule has 0 aliphatic heterocycles. The highest BCUT2D eigenvalue weighted by Crippen LogP contribution is 2.26. The van der Waals surface area contributed by atoms with Crippen LogP contribution in [0.15, 0.2) is 60.3 Å². The summed E-state index contributed by atoms with van der Waals surface area (Å²) in [5, 5.41) is 23.8. The fourth-order valence-corrected chi connectivity index (χ4v) is 2.47. The van der Waals surface area contributed by atoms with Gasteiger partial charge >= 0.3 is 5.97 Å². The Balaban J connectivity index is 2.13. The van der Waals surface area contributed by atoms with Crippen LogP contribution >= 0.6 is 0 Å². The lowest BCUT2D eigenvalue weighted by Crippen LogP contribution is -2.15. The molecule has 0 aromatic heterocycles. The van der Waals surface area contributed by atoms with Crippen molar-refractivity contribution in [2.75, 3.05) is 10.6 Å². The van der Waals surface area contributed by atoms with Crippen LogP contribution in [0.2, 0.25) is 0 Å². The molecular weight excluding hydrogens is 342 g/mol. The van der Waals surface area contributed by atoms with E-state index < -0.39 is 11.9 Å². The first-order chi connectivity index (χ1) is 13.0. The average molecular weight is 363 g/mol. The summed E-state index contributed by atoms with van der Waals surface area (Å²) in [6, 6.07) is 15.3. The molecule has 0 saturated heterocycles. The van der Waals surface area contributed by atoms with Gasteiger partial charge in [0, 0.05) is 17.6 Å². The highest BCUT2D eigenvalue weighted by molar-refractivity contribution is 6.06. The second-order valence-electron chi connectivity index (χ2n) is 6.05. The van der Waals surface area contributed by atoms with Gasteiger partial charge in [0.1, 0.15) is 11.6 Å². The van der Waals surface area contributed by atoms with E-state index >= 15 is 0 Å². The number of para-hydroxylation sites is 1. The molecule has 3 N–H and O–H groups in total. The third-order valence-corrected chi connectivity index (χ3v) is 4.23. The van der Waals surface area contributed by atoms with E-state index in [0.29, 0.717) is 11.6 Å². The summed E-state index contributed by atoms with van der Waals surface area (Å²) in [4.78, 5) is 23.2. The highest BCUT2D eigenvalue weighted by Gasteiger charge is 2.12. The van der Waals surface area contributed by atoms with E-state index in [1.165, 1.54) is 30.5 Å². The minimum absolute atomic E-state index is 0.0868. The number of anilines is 2. The summed E-state index contributed by atoms with van der Waals surface area (Å²) in [5.41, 5.74) is 2.39. The first-order valence-corrected chi connectivity index (χ1v) is 8.56. The predicted octanol–water partition coefficient (Wildman–Crippen LogP) is 4.36. The number of carboxylic acids is 1. The van der Waals surface area contributed by atoms with Crippen LogP contribution in [0.5, 0.6) is 0 Å². The van der Waals surface area contributed by atoms with Gasteiger partial charge in [-0.15, -0.1) is 0 Å². The predicted molar refractivity (Wildman–Crippen MR) is 104 cm³/mol. The van der Waals surface area contributed by atoms with Crippen molar-refractivity contribution in [2.45, 2.75) is 26.2 Å². The van der Waals surface area contributed by atoms with Crippen molar-refractivity contribution in [1.82, 2.24) is 0 Å². The average Bonchev–Trinajstić information content (AvgIpc) is 2.68. The normalized spacial score (nSPS) is 12.0. The molecule has 6 nitrogen and oxygen atoms in total. The van der Waals surface area contributed by atoms with Gasteiger partial charge < -0.3 is 15.7 Å². The van der Waals surface area contributed by atoms with E-state index in [4.69, 9.17) is 5.11 Å². The molecule has 2 aromatic rings. The number of hydrogen-bond acceptors (Lipinski definition) is 4. The van der Waals surface area contributed by atoms with Gasteiger partial charge in [-0.25, -0.2) is 4.79 Å². The smallest absolute Gasteiger partial charge is 0.335 e. The molecule has 0 saturated carbocycles. The molecule has 0 aliphatic rings. The number of rotatable bonds is 7. The van der Waals surface area contributed by atoms with E-state index in [1.807, 2.05) is 30.3 Å². The Hall–Kier alpha value is -3.59. The van der Waals surface area contributed by atoms with Crippen molar-refractivity contribution < 1.29 is 14.7 Å². The number of carboxylic acid groups (broad SMARTS) is 1. The lowest BCUT2D eigenvalue weighted by Gasteiger charge is -2.14. The Morgan fingerprint density at radius 1 is 1.19 bits per heavy atom. The molecule has 0 spiro atoms. The fourth-order valence-electron chi connectivity index (χ4n) is 2.47. The van der Waals surface area contributed by atoms with Crippen LogP contribution in [0.1, 0.15) is 42.1 Å². The number of carbonyl (C=O) groups excluding carboxylic acids is 1. The maximum Gasteiger partial charge on any atom is 0.335 e. The zero-order valence-corrected chi connectivity index (χ0v) is 15.2. The van der Waals surface area contributed by atoms with E-state index in [2.05, 4.69) is 24.5 Å². The van der Waals surface area contributed by atoms with Gasteiger partial charge in [-0.1, -0.05) is 32.0 Å². The van der Waals surface area contributed by atoms with Crippen molar-refractivity contribution in [1.29, 1.82) is 5.26 Å². The number of nitriles is 1. The molecule has 0 radical (unpaired) electrons. The van der Waals surface area contributed by atoms with Crippen LogP contribution in [0.25, 0.3) is 0 Å². The van der Waals surface area contributed by atoms with E-state index in [1.54, 1.807) is 0 Å². The van der Waals surface area contributed by atoms with Gasteiger partial charge in [0.15, 0.2) is 0 Å². The molecule has 27 heavy (non-hydrogen) atoms. The molecule has 1 atom stereocenters. The topological polar surface area (TPSA) is 102 Å². The quantitative estimate of drug-likeness (QED) is 0.501. The Morgan fingerprint density at radius 2 is 1.85 bits per heavy atom. The van der Waals surface area contributed by atoms with Gasteiger partial charge in [0.05, 0.1) is 5.56 Å². The maximum absolute atomic E-state index is 12.3. The summed E-state index contributed by atoms with van der Waals surface area (Å²) in [7, 11) is 0. The van der Waals surface area contributed by atoms with Crippen molar-refractivity contribution in [3.63, 3.8) is 0 Å². The largest absolute Gasteiger partial charge is 0.478 e. The molecule has 0 aliphatic carbocycles. The summed E-state index contributed by atoms with van der Waals surface area (Å²) in [6.45, 7) is 4.21.